The van der Waals surface area contributed by atoms with Gasteiger partial charge in [-0.1, -0.05) is 36.4 Å². The number of carbonyl (C=O) groups is 1. The third-order valence-electron chi connectivity index (χ3n) is 1.37. The molecule has 0 amide bonds. The molecule has 0 saturated carbocycles. The molecule has 0 bridgehead atoms. The molecule has 0 unspecified atom stereocenters. The second-order valence-electron chi connectivity index (χ2n) is 2.24. The van der Waals surface area contributed by atoms with Crippen LogP contribution >= 0.6 is 0 Å². The minimum atomic E-state index is 0.332. The maximum absolute atomic E-state index is 9.76. The molecule has 2 nitrogen and oxygen atoms in total. The van der Waals surface area contributed by atoms with Gasteiger partial charge in [-0.05, 0) is 11.6 Å². The van der Waals surface area contributed by atoms with E-state index in [0.29, 0.717) is 13.1 Å². The monoisotopic (exact) mass is 162 g/mol. The molecular weight excluding hydrogens is 152 g/mol. The fraction of sp³-hybridized carbons (Fsp3) is 0.100. The van der Waals surface area contributed by atoms with Crippen molar-refractivity contribution < 1.29 is 9.53 Å². The summed E-state index contributed by atoms with van der Waals surface area (Å²) < 4.78 is 4.49. The Balaban J connectivity index is 2.41. The average Bonchev–Trinajstić information content (AvgIpc) is 2.14. The number of hydrogen-bond donors (Lipinski definition) is 0. The van der Waals surface area contributed by atoms with E-state index in [2.05, 4.69) is 4.74 Å². The molecule has 0 fully saturated rings. The summed E-state index contributed by atoms with van der Waals surface area (Å²) in [5, 5.41) is 0. The van der Waals surface area contributed by atoms with Gasteiger partial charge in [0, 0.05) is 0 Å². The van der Waals surface area contributed by atoms with Crippen molar-refractivity contribution in [3.8, 4) is 0 Å². The molecule has 0 aromatic heterocycles. The highest BCUT2D eigenvalue weighted by Gasteiger charge is 1.81. The lowest BCUT2D eigenvalue weighted by atomic mass is 10.2. The molecule has 0 N–H and O–H groups in total. The van der Waals surface area contributed by atoms with E-state index >= 15 is 0 Å². The Hall–Kier alpha value is -1.57. The van der Waals surface area contributed by atoms with E-state index in [0.717, 1.165) is 5.56 Å². The lowest BCUT2D eigenvalue weighted by Crippen LogP contribution is -1.84. The highest BCUT2D eigenvalue weighted by molar-refractivity contribution is 5.49. The summed E-state index contributed by atoms with van der Waals surface area (Å²) in [6, 6.07) is 9.84. The van der Waals surface area contributed by atoms with Gasteiger partial charge in [0.1, 0.15) is 6.61 Å². The van der Waals surface area contributed by atoms with Crippen molar-refractivity contribution in [1.82, 2.24) is 0 Å². The Morgan fingerprint density at radius 2 is 2.00 bits per heavy atom. The van der Waals surface area contributed by atoms with Crippen LogP contribution in [0.5, 0.6) is 0 Å². The largest absolute Gasteiger partial charge is 0.464 e. The number of benzene rings is 1. The molecule has 0 atom stereocenters. The van der Waals surface area contributed by atoms with Crippen LogP contribution in [0.3, 0.4) is 0 Å². The van der Waals surface area contributed by atoms with E-state index in [4.69, 9.17) is 0 Å². The molecule has 12 heavy (non-hydrogen) atoms. The van der Waals surface area contributed by atoms with E-state index in [1.165, 1.54) is 0 Å². The quantitative estimate of drug-likeness (QED) is 0.499. The number of ether oxygens (including phenoxy) is 1. The van der Waals surface area contributed by atoms with Gasteiger partial charge in [0.25, 0.3) is 6.47 Å². The first-order chi connectivity index (χ1) is 5.93. The van der Waals surface area contributed by atoms with Crippen LogP contribution in [0.15, 0.2) is 36.4 Å². The van der Waals surface area contributed by atoms with Crippen molar-refractivity contribution >= 4 is 12.5 Å². The van der Waals surface area contributed by atoms with Gasteiger partial charge in [0.2, 0.25) is 0 Å². The van der Waals surface area contributed by atoms with Crippen molar-refractivity contribution in [3.05, 3.63) is 42.0 Å². The normalized spacial score (nSPS) is 10.0. The van der Waals surface area contributed by atoms with Crippen molar-refractivity contribution in [2.24, 2.45) is 0 Å². The predicted octanol–water partition coefficient (Wildman–Crippen LogP) is 1.87. The summed E-state index contributed by atoms with van der Waals surface area (Å²) in [6.07, 6.45) is 3.70. The van der Waals surface area contributed by atoms with Crippen molar-refractivity contribution in [1.29, 1.82) is 0 Å². The van der Waals surface area contributed by atoms with Gasteiger partial charge in [-0.15, -0.1) is 0 Å². The molecule has 1 aromatic rings. The van der Waals surface area contributed by atoms with Crippen molar-refractivity contribution in [2.75, 3.05) is 6.61 Å². The lowest BCUT2D eigenvalue weighted by molar-refractivity contribution is -0.127. The molecule has 2 heteroatoms. The number of carbonyl (C=O) groups excluding carboxylic acids is 1. The highest BCUT2D eigenvalue weighted by atomic mass is 16.5. The molecule has 0 radical (unpaired) electrons. The van der Waals surface area contributed by atoms with E-state index in [1.807, 2.05) is 36.4 Å². The van der Waals surface area contributed by atoms with Crippen LogP contribution in [0.4, 0.5) is 0 Å². The lowest BCUT2D eigenvalue weighted by Gasteiger charge is -1.91. The summed E-state index contributed by atoms with van der Waals surface area (Å²) >= 11 is 0. The fourth-order valence-electron chi connectivity index (χ4n) is 0.843. The zero-order valence-electron chi connectivity index (χ0n) is 6.64. The van der Waals surface area contributed by atoms with E-state index in [-0.39, 0.29) is 0 Å². The highest BCUT2D eigenvalue weighted by Crippen LogP contribution is 1.99. The van der Waals surface area contributed by atoms with Crippen LogP contribution in [-0.4, -0.2) is 13.1 Å². The summed E-state index contributed by atoms with van der Waals surface area (Å²) in [5.41, 5.74) is 1.10. The van der Waals surface area contributed by atoms with Gasteiger partial charge in [0.15, 0.2) is 0 Å². The third kappa shape index (κ3) is 3.01. The molecule has 1 aromatic carbocycles. The zero-order valence-corrected chi connectivity index (χ0v) is 6.64. The number of hydrogen-bond acceptors (Lipinski definition) is 2. The van der Waals surface area contributed by atoms with E-state index in [9.17, 15) is 4.79 Å². The van der Waals surface area contributed by atoms with Crippen LogP contribution in [-0.2, 0) is 9.53 Å². The van der Waals surface area contributed by atoms with Crippen LogP contribution < -0.4 is 0 Å². The first-order valence-electron chi connectivity index (χ1n) is 3.70. The molecule has 1 rings (SSSR count). The minimum Gasteiger partial charge on any atom is -0.464 e. The van der Waals surface area contributed by atoms with Gasteiger partial charge in [-0.3, -0.25) is 4.79 Å². The van der Waals surface area contributed by atoms with Gasteiger partial charge in [-0.2, -0.15) is 0 Å². The standard InChI is InChI=1S/C10H10O2/c11-9-12-8-4-7-10-5-2-1-3-6-10/h1-7,9H,8H2/b7-4+. The second kappa shape index (κ2) is 5.13. The second-order valence-corrected chi connectivity index (χ2v) is 2.24. The molecule has 0 heterocycles. The smallest absolute Gasteiger partial charge is 0.293 e. The van der Waals surface area contributed by atoms with Gasteiger partial charge in [0.05, 0.1) is 0 Å². The predicted molar refractivity (Wildman–Crippen MR) is 47.5 cm³/mol. The fourth-order valence-corrected chi connectivity index (χ4v) is 0.843. The summed E-state index contributed by atoms with van der Waals surface area (Å²) in [4.78, 5) is 9.76. The number of rotatable bonds is 4. The van der Waals surface area contributed by atoms with E-state index < -0.39 is 0 Å². The van der Waals surface area contributed by atoms with Crippen LogP contribution in [0.1, 0.15) is 5.56 Å². The maximum atomic E-state index is 9.76. The SMILES string of the molecule is O=COC/C=C/c1ccccc1. The Morgan fingerprint density at radius 3 is 2.67 bits per heavy atom. The average molecular weight is 162 g/mol. The summed E-state index contributed by atoms with van der Waals surface area (Å²) in [5.74, 6) is 0. The minimum absolute atomic E-state index is 0.332. The third-order valence-corrected chi connectivity index (χ3v) is 1.37. The molecular formula is C10H10O2. The first-order valence-corrected chi connectivity index (χ1v) is 3.70. The topological polar surface area (TPSA) is 26.3 Å². The van der Waals surface area contributed by atoms with Crippen LogP contribution in [0, 0.1) is 0 Å². The molecule has 0 saturated heterocycles. The van der Waals surface area contributed by atoms with Gasteiger partial charge in [-0.25, -0.2) is 0 Å². The Morgan fingerprint density at radius 1 is 1.25 bits per heavy atom. The molecule has 0 aliphatic rings. The maximum Gasteiger partial charge on any atom is 0.293 e. The van der Waals surface area contributed by atoms with Crippen molar-refractivity contribution in [3.63, 3.8) is 0 Å². The van der Waals surface area contributed by atoms with Crippen LogP contribution in [0.2, 0.25) is 0 Å². The van der Waals surface area contributed by atoms with Crippen molar-refractivity contribution in [2.45, 2.75) is 0 Å². The van der Waals surface area contributed by atoms with Gasteiger partial charge < -0.3 is 4.74 Å². The van der Waals surface area contributed by atoms with E-state index in [1.54, 1.807) is 6.08 Å². The Bertz CT molecular complexity index is 252. The summed E-state index contributed by atoms with van der Waals surface area (Å²) in [7, 11) is 0. The molecule has 0 aliphatic heterocycles. The molecule has 0 aliphatic carbocycles. The first kappa shape index (κ1) is 8.53. The Labute approximate surface area is 71.5 Å². The summed E-state index contributed by atoms with van der Waals surface area (Å²) in [6.45, 7) is 0.772. The molecule has 62 valence electrons. The van der Waals surface area contributed by atoms with Gasteiger partial charge >= 0.3 is 0 Å². The molecule has 0 spiro atoms. The zero-order chi connectivity index (χ0) is 8.65. The van der Waals surface area contributed by atoms with Crippen LogP contribution in [0.25, 0.3) is 6.08 Å². The Kier molecular flexibility index (Phi) is 3.64.